The molecule has 2 rings (SSSR count). The van der Waals surface area contributed by atoms with E-state index in [0.717, 1.165) is 0 Å². The number of hydrogen-bond acceptors (Lipinski definition) is 4. The van der Waals surface area contributed by atoms with Gasteiger partial charge in [0, 0.05) is 11.6 Å². The maximum atomic E-state index is 10.5. The van der Waals surface area contributed by atoms with Crippen molar-refractivity contribution in [1.29, 1.82) is 0 Å². The summed E-state index contributed by atoms with van der Waals surface area (Å²) < 4.78 is 0. The van der Waals surface area contributed by atoms with Crippen LogP contribution in [-0.2, 0) is 0 Å². The van der Waals surface area contributed by atoms with Crippen LogP contribution in [-0.4, -0.2) is 14.9 Å². The smallest absolute Gasteiger partial charge is 0.258 e. The Morgan fingerprint density at radius 2 is 1.82 bits per heavy atom. The molecule has 2 heterocycles. The molecule has 0 unspecified atom stereocenters. The molecule has 2 aromatic heterocycles. The number of hydrogen-bond donors (Lipinski definition) is 0. The van der Waals surface area contributed by atoms with Crippen LogP contribution in [0.3, 0.4) is 0 Å². The first-order chi connectivity index (χ1) is 8.06. The maximum absolute atomic E-state index is 10.5. The molecule has 0 fully saturated rings. The second-order valence-electron chi connectivity index (χ2n) is 3.16. The van der Waals surface area contributed by atoms with E-state index in [-0.39, 0.29) is 16.0 Å². The summed E-state index contributed by atoms with van der Waals surface area (Å²) in [5.41, 5.74) is 1.13. The highest BCUT2D eigenvalue weighted by Gasteiger charge is 2.08. The molecule has 0 N–H and O–H groups in total. The van der Waals surface area contributed by atoms with Crippen molar-refractivity contribution in [3.8, 4) is 11.3 Å². The van der Waals surface area contributed by atoms with E-state index in [1.165, 1.54) is 18.3 Å². The van der Waals surface area contributed by atoms with E-state index in [9.17, 15) is 10.1 Å². The van der Waals surface area contributed by atoms with Crippen LogP contribution >= 0.6 is 23.2 Å². The number of nitrogens with zero attached hydrogens (tertiary/aromatic N) is 3. The molecule has 0 spiro atoms. The van der Waals surface area contributed by atoms with Gasteiger partial charge in [-0.1, -0.05) is 23.2 Å². The molecule has 2 aromatic rings. The molecule has 0 aliphatic rings. The highest BCUT2D eigenvalue weighted by molar-refractivity contribution is 6.32. The van der Waals surface area contributed by atoms with Crippen molar-refractivity contribution in [1.82, 2.24) is 9.97 Å². The molecule has 0 aliphatic carbocycles. The normalized spacial score (nSPS) is 10.2. The lowest BCUT2D eigenvalue weighted by atomic mass is 10.2. The first-order valence-electron chi connectivity index (χ1n) is 4.50. The molecule has 0 saturated heterocycles. The van der Waals surface area contributed by atoms with Crippen molar-refractivity contribution in [3.63, 3.8) is 0 Å². The summed E-state index contributed by atoms with van der Waals surface area (Å²) >= 11 is 11.5. The Kier molecular flexibility index (Phi) is 3.21. The predicted octanol–water partition coefficient (Wildman–Crippen LogP) is 3.36. The molecular formula is C10H5Cl2N3O2. The lowest BCUT2D eigenvalue weighted by molar-refractivity contribution is -0.385. The van der Waals surface area contributed by atoms with Gasteiger partial charge in [0.15, 0.2) is 0 Å². The van der Waals surface area contributed by atoms with Crippen LogP contribution in [0.2, 0.25) is 10.3 Å². The molecule has 0 saturated carbocycles. The molecule has 7 heteroatoms. The monoisotopic (exact) mass is 269 g/mol. The van der Waals surface area contributed by atoms with Gasteiger partial charge < -0.3 is 0 Å². The van der Waals surface area contributed by atoms with Gasteiger partial charge in [-0.3, -0.25) is 10.1 Å². The van der Waals surface area contributed by atoms with E-state index in [2.05, 4.69) is 9.97 Å². The van der Waals surface area contributed by atoms with Gasteiger partial charge in [0.2, 0.25) is 0 Å². The van der Waals surface area contributed by atoms with Crippen LogP contribution in [0.1, 0.15) is 0 Å². The van der Waals surface area contributed by atoms with Gasteiger partial charge >= 0.3 is 0 Å². The molecule has 0 aliphatic heterocycles. The third-order valence-corrected chi connectivity index (χ3v) is 2.40. The van der Waals surface area contributed by atoms with E-state index >= 15 is 0 Å². The van der Waals surface area contributed by atoms with Gasteiger partial charge in [-0.05, 0) is 18.2 Å². The van der Waals surface area contributed by atoms with E-state index in [4.69, 9.17) is 23.2 Å². The fourth-order valence-corrected chi connectivity index (χ4v) is 1.74. The minimum absolute atomic E-state index is 0.0694. The SMILES string of the molecule is O=[N+]([O-])c1ccc(-c2cc(Cl)nc(Cl)c2)nc1. The minimum atomic E-state index is -0.511. The summed E-state index contributed by atoms with van der Waals surface area (Å²) in [4.78, 5) is 17.7. The molecule has 86 valence electrons. The molecule has 17 heavy (non-hydrogen) atoms. The molecule has 0 radical (unpaired) electrons. The first-order valence-corrected chi connectivity index (χ1v) is 5.26. The standard InChI is InChI=1S/C10H5Cl2N3O2/c11-9-3-6(4-10(12)14-9)8-2-1-7(5-13-8)15(16)17/h1-5H. The van der Waals surface area contributed by atoms with Crippen LogP contribution in [0.25, 0.3) is 11.3 Å². The summed E-state index contributed by atoms with van der Waals surface area (Å²) in [6.07, 6.45) is 1.18. The third-order valence-electron chi connectivity index (χ3n) is 2.02. The number of pyridine rings is 2. The molecular weight excluding hydrogens is 265 g/mol. The largest absolute Gasteiger partial charge is 0.287 e. The average Bonchev–Trinajstić information content (AvgIpc) is 2.28. The molecule has 0 atom stereocenters. The zero-order valence-electron chi connectivity index (χ0n) is 8.30. The second kappa shape index (κ2) is 4.65. The van der Waals surface area contributed by atoms with Gasteiger partial charge in [0.25, 0.3) is 5.69 Å². The third kappa shape index (κ3) is 2.69. The molecule has 0 bridgehead atoms. The van der Waals surface area contributed by atoms with Gasteiger partial charge in [0.05, 0.1) is 10.6 Å². The Labute approximate surface area is 106 Å². The molecule has 0 amide bonds. The van der Waals surface area contributed by atoms with Crippen LogP contribution in [0, 0.1) is 10.1 Å². The van der Waals surface area contributed by atoms with E-state index in [1.54, 1.807) is 12.1 Å². The van der Waals surface area contributed by atoms with Crippen LogP contribution < -0.4 is 0 Å². The van der Waals surface area contributed by atoms with Crippen LogP contribution in [0.15, 0.2) is 30.5 Å². The lowest BCUT2D eigenvalue weighted by Gasteiger charge is -2.01. The maximum Gasteiger partial charge on any atom is 0.287 e. The highest BCUT2D eigenvalue weighted by Crippen LogP contribution is 2.24. The van der Waals surface area contributed by atoms with Crippen molar-refractivity contribution < 1.29 is 4.92 Å². The van der Waals surface area contributed by atoms with Crippen molar-refractivity contribution in [2.45, 2.75) is 0 Å². The Balaban J connectivity index is 2.43. The summed E-state index contributed by atoms with van der Waals surface area (Å²) in [7, 11) is 0. The van der Waals surface area contributed by atoms with Crippen LogP contribution in [0.4, 0.5) is 5.69 Å². The predicted molar refractivity (Wildman–Crippen MR) is 64.1 cm³/mol. The zero-order chi connectivity index (χ0) is 12.4. The molecule has 5 nitrogen and oxygen atoms in total. The van der Waals surface area contributed by atoms with Crippen molar-refractivity contribution in [2.75, 3.05) is 0 Å². The van der Waals surface area contributed by atoms with Gasteiger partial charge in [-0.25, -0.2) is 9.97 Å². The number of nitro groups is 1. The van der Waals surface area contributed by atoms with Crippen molar-refractivity contribution in [2.24, 2.45) is 0 Å². The number of rotatable bonds is 2. The van der Waals surface area contributed by atoms with E-state index < -0.39 is 4.92 Å². The Hall–Kier alpha value is -1.72. The van der Waals surface area contributed by atoms with E-state index in [0.29, 0.717) is 11.3 Å². The highest BCUT2D eigenvalue weighted by atomic mass is 35.5. The summed E-state index contributed by atoms with van der Waals surface area (Å²) in [5, 5.41) is 11.0. The van der Waals surface area contributed by atoms with Crippen molar-refractivity contribution >= 4 is 28.9 Å². The first kappa shape index (κ1) is 11.8. The minimum Gasteiger partial charge on any atom is -0.258 e. The van der Waals surface area contributed by atoms with E-state index in [1.807, 2.05) is 0 Å². The summed E-state index contributed by atoms with van der Waals surface area (Å²) in [5.74, 6) is 0. The Bertz CT molecular complexity index is 552. The summed E-state index contributed by atoms with van der Waals surface area (Å²) in [6, 6.07) is 6.06. The number of aromatic nitrogens is 2. The Morgan fingerprint density at radius 3 is 2.29 bits per heavy atom. The van der Waals surface area contributed by atoms with Crippen molar-refractivity contribution in [3.05, 3.63) is 50.9 Å². The van der Waals surface area contributed by atoms with Gasteiger partial charge in [-0.15, -0.1) is 0 Å². The quantitative estimate of drug-likeness (QED) is 0.476. The fraction of sp³-hybridized carbons (Fsp3) is 0. The van der Waals surface area contributed by atoms with Gasteiger partial charge in [-0.2, -0.15) is 0 Å². The Morgan fingerprint density at radius 1 is 1.18 bits per heavy atom. The summed E-state index contributed by atoms with van der Waals surface area (Å²) in [6.45, 7) is 0. The lowest BCUT2D eigenvalue weighted by Crippen LogP contribution is -1.90. The topological polar surface area (TPSA) is 68.9 Å². The zero-order valence-corrected chi connectivity index (χ0v) is 9.81. The second-order valence-corrected chi connectivity index (χ2v) is 3.93. The average molecular weight is 270 g/mol. The number of halogens is 2. The fourth-order valence-electron chi connectivity index (χ4n) is 1.28. The molecule has 0 aromatic carbocycles. The van der Waals surface area contributed by atoms with Crippen LogP contribution in [0.5, 0.6) is 0 Å². The van der Waals surface area contributed by atoms with Gasteiger partial charge in [0.1, 0.15) is 16.5 Å².